The van der Waals surface area contributed by atoms with Crippen molar-refractivity contribution >= 4 is 5.97 Å². The van der Waals surface area contributed by atoms with Gasteiger partial charge in [-0.15, -0.1) is 0 Å². The van der Waals surface area contributed by atoms with Crippen molar-refractivity contribution in [2.45, 2.75) is 0 Å². The lowest BCUT2D eigenvalue weighted by Crippen LogP contribution is -1.95. The molecule has 0 aliphatic rings. The molecular formula is C13H8N2O2. The van der Waals surface area contributed by atoms with Gasteiger partial charge in [0, 0.05) is 18.0 Å². The number of aromatic carboxylic acids is 1. The SMILES string of the molecule is O=C(O)c1cccc(C#Cc2ncccn2)c1. The van der Waals surface area contributed by atoms with Gasteiger partial charge in [-0.3, -0.25) is 0 Å². The van der Waals surface area contributed by atoms with Crippen LogP contribution in [-0.4, -0.2) is 21.0 Å². The Balaban J connectivity index is 2.28. The Hall–Kier alpha value is -2.67. The average molecular weight is 224 g/mol. The van der Waals surface area contributed by atoms with Crippen LogP contribution in [0.5, 0.6) is 0 Å². The highest BCUT2D eigenvalue weighted by molar-refractivity contribution is 5.88. The minimum atomic E-state index is -0.968. The molecule has 17 heavy (non-hydrogen) atoms. The van der Waals surface area contributed by atoms with E-state index in [1.807, 2.05) is 0 Å². The highest BCUT2D eigenvalue weighted by atomic mass is 16.4. The molecule has 0 aliphatic carbocycles. The highest BCUT2D eigenvalue weighted by Crippen LogP contribution is 2.03. The average Bonchev–Trinajstić information content (AvgIpc) is 2.38. The molecule has 0 spiro atoms. The summed E-state index contributed by atoms with van der Waals surface area (Å²) in [5.41, 5.74) is 0.836. The third-order valence-electron chi connectivity index (χ3n) is 1.99. The van der Waals surface area contributed by atoms with Crippen molar-refractivity contribution in [3.05, 3.63) is 59.7 Å². The number of carboxylic acid groups (broad SMARTS) is 1. The van der Waals surface area contributed by atoms with Gasteiger partial charge in [-0.2, -0.15) is 0 Å². The summed E-state index contributed by atoms with van der Waals surface area (Å²) in [5, 5.41) is 8.82. The van der Waals surface area contributed by atoms with Crippen LogP contribution in [0.2, 0.25) is 0 Å². The quantitative estimate of drug-likeness (QED) is 0.747. The van der Waals surface area contributed by atoms with Gasteiger partial charge >= 0.3 is 5.97 Å². The lowest BCUT2D eigenvalue weighted by atomic mass is 10.1. The topological polar surface area (TPSA) is 63.1 Å². The van der Waals surface area contributed by atoms with Crippen LogP contribution in [0.25, 0.3) is 0 Å². The summed E-state index contributed by atoms with van der Waals surface area (Å²) in [7, 11) is 0. The summed E-state index contributed by atoms with van der Waals surface area (Å²) >= 11 is 0. The van der Waals surface area contributed by atoms with Crippen LogP contribution in [0, 0.1) is 11.8 Å². The van der Waals surface area contributed by atoms with Gasteiger partial charge < -0.3 is 5.11 Å². The number of carboxylic acids is 1. The molecule has 0 amide bonds. The van der Waals surface area contributed by atoms with E-state index < -0.39 is 5.97 Å². The highest BCUT2D eigenvalue weighted by Gasteiger charge is 2.01. The lowest BCUT2D eigenvalue weighted by Gasteiger charge is -1.94. The van der Waals surface area contributed by atoms with Gasteiger partial charge in [0.1, 0.15) is 0 Å². The maximum Gasteiger partial charge on any atom is 0.335 e. The number of carbonyl (C=O) groups is 1. The van der Waals surface area contributed by atoms with Gasteiger partial charge in [0.2, 0.25) is 5.82 Å². The number of aromatic nitrogens is 2. The molecule has 0 radical (unpaired) electrons. The third kappa shape index (κ3) is 2.89. The summed E-state index contributed by atoms with van der Waals surface area (Å²) in [6.07, 6.45) is 3.20. The van der Waals surface area contributed by atoms with Crippen LogP contribution < -0.4 is 0 Å². The molecule has 0 bridgehead atoms. The molecule has 0 atom stereocenters. The van der Waals surface area contributed by atoms with E-state index in [0.717, 1.165) is 0 Å². The number of nitrogens with zero attached hydrogens (tertiary/aromatic N) is 2. The zero-order valence-corrected chi connectivity index (χ0v) is 8.79. The summed E-state index contributed by atoms with van der Waals surface area (Å²) in [6, 6.07) is 8.13. The Morgan fingerprint density at radius 1 is 1.12 bits per heavy atom. The molecule has 1 N–H and O–H groups in total. The Bertz CT molecular complexity index is 598. The standard InChI is InChI=1S/C13H8N2O2/c16-13(17)11-4-1-3-10(9-11)5-6-12-14-7-2-8-15-12/h1-4,7-9H,(H,16,17). The number of rotatable bonds is 1. The fourth-order valence-electron chi connectivity index (χ4n) is 1.22. The molecule has 4 heteroatoms. The first-order valence-electron chi connectivity index (χ1n) is 4.88. The molecule has 1 aromatic heterocycles. The maximum absolute atomic E-state index is 10.8. The van der Waals surface area contributed by atoms with E-state index in [9.17, 15) is 4.79 Å². The van der Waals surface area contributed by atoms with E-state index in [1.165, 1.54) is 12.1 Å². The minimum absolute atomic E-state index is 0.214. The zero-order chi connectivity index (χ0) is 12.1. The van der Waals surface area contributed by atoms with Crippen molar-refractivity contribution in [1.82, 2.24) is 9.97 Å². The van der Waals surface area contributed by atoms with Crippen LogP contribution in [0.1, 0.15) is 21.7 Å². The Kier molecular flexibility index (Phi) is 3.13. The molecule has 0 saturated heterocycles. The van der Waals surface area contributed by atoms with E-state index in [1.54, 1.807) is 30.6 Å². The predicted octanol–water partition coefficient (Wildman–Crippen LogP) is 1.57. The van der Waals surface area contributed by atoms with Crippen LogP contribution in [0.3, 0.4) is 0 Å². The van der Waals surface area contributed by atoms with Gasteiger partial charge in [0.05, 0.1) is 5.56 Å². The molecule has 4 nitrogen and oxygen atoms in total. The first-order chi connectivity index (χ1) is 8.25. The monoisotopic (exact) mass is 224 g/mol. The van der Waals surface area contributed by atoms with Crippen LogP contribution >= 0.6 is 0 Å². The van der Waals surface area contributed by atoms with E-state index in [4.69, 9.17) is 5.11 Å². The first-order valence-corrected chi connectivity index (χ1v) is 4.88. The second-order valence-corrected chi connectivity index (χ2v) is 3.21. The summed E-state index contributed by atoms with van der Waals surface area (Å²) in [5.74, 6) is 5.02. The van der Waals surface area contributed by atoms with E-state index in [2.05, 4.69) is 21.8 Å². The van der Waals surface area contributed by atoms with Crippen molar-refractivity contribution in [3.8, 4) is 11.8 Å². The summed E-state index contributed by atoms with van der Waals surface area (Å²) < 4.78 is 0. The fourth-order valence-corrected chi connectivity index (χ4v) is 1.22. The van der Waals surface area contributed by atoms with Crippen molar-refractivity contribution in [3.63, 3.8) is 0 Å². The van der Waals surface area contributed by atoms with Crippen molar-refractivity contribution in [1.29, 1.82) is 0 Å². The Morgan fingerprint density at radius 2 is 1.88 bits per heavy atom. The first kappa shape index (κ1) is 10.8. The molecule has 0 aliphatic heterocycles. The molecule has 1 heterocycles. The van der Waals surface area contributed by atoms with Crippen molar-refractivity contribution in [2.24, 2.45) is 0 Å². The molecule has 0 unspecified atom stereocenters. The number of benzene rings is 1. The maximum atomic E-state index is 10.8. The number of hydrogen-bond acceptors (Lipinski definition) is 3. The van der Waals surface area contributed by atoms with E-state index in [-0.39, 0.29) is 5.56 Å². The predicted molar refractivity (Wildman–Crippen MR) is 61.4 cm³/mol. The number of hydrogen-bond donors (Lipinski definition) is 1. The van der Waals surface area contributed by atoms with Crippen molar-refractivity contribution < 1.29 is 9.90 Å². The molecule has 0 fully saturated rings. The molecule has 82 valence electrons. The third-order valence-corrected chi connectivity index (χ3v) is 1.99. The summed E-state index contributed by atoms with van der Waals surface area (Å²) in [4.78, 5) is 18.7. The van der Waals surface area contributed by atoms with E-state index in [0.29, 0.717) is 11.4 Å². The Labute approximate surface area is 98.0 Å². The van der Waals surface area contributed by atoms with E-state index >= 15 is 0 Å². The van der Waals surface area contributed by atoms with Crippen molar-refractivity contribution in [2.75, 3.05) is 0 Å². The second-order valence-electron chi connectivity index (χ2n) is 3.21. The molecule has 2 rings (SSSR count). The van der Waals surface area contributed by atoms with Crippen LogP contribution in [0.15, 0.2) is 42.7 Å². The molecule has 1 aromatic carbocycles. The van der Waals surface area contributed by atoms with Gasteiger partial charge in [-0.1, -0.05) is 12.0 Å². The van der Waals surface area contributed by atoms with Crippen LogP contribution in [0.4, 0.5) is 0 Å². The van der Waals surface area contributed by atoms with Gasteiger partial charge in [-0.05, 0) is 30.2 Å². The fraction of sp³-hybridized carbons (Fsp3) is 0. The van der Waals surface area contributed by atoms with Gasteiger partial charge in [-0.25, -0.2) is 14.8 Å². The van der Waals surface area contributed by atoms with Crippen LogP contribution in [-0.2, 0) is 0 Å². The summed E-state index contributed by atoms with van der Waals surface area (Å²) in [6.45, 7) is 0. The second kappa shape index (κ2) is 4.90. The Morgan fingerprint density at radius 3 is 2.59 bits per heavy atom. The smallest absolute Gasteiger partial charge is 0.335 e. The molecule has 0 saturated carbocycles. The van der Waals surface area contributed by atoms with Gasteiger partial charge in [0.15, 0.2) is 0 Å². The molecular weight excluding hydrogens is 216 g/mol. The minimum Gasteiger partial charge on any atom is -0.478 e. The largest absolute Gasteiger partial charge is 0.478 e. The van der Waals surface area contributed by atoms with Gasteiger partial charge in [0.25, 0.3) is 0 Å². The molecule has 2 aromatic rings. The zero-order valence-electron chi connectivity index (χ0n) is 8.79. The normalized spacial score (nSPS) is 9.18. The lowest BCUT2D eigenvalue weighted by molar-refractivity contribution is 0.0697.